The third-order valence-corrected chi connectivity index (χ3v) is 7.18. The number of carbonyl (C=O) groups is 2. The first-order chi connectivity index (χ1) is 17.5. The Morgan fingerprint density at radius 2 is 1.00 bits per heavy atom. The van der Waals surface area contributed by atoms with Gasteiger partial charge in [0.2, 0.25) is 0 Å². The minimum atomic E-state index is -0.904. The monoisotopic (exact) mass is 482 g/mol. The summed E-state index contributed by atoms with van der Waals surface area (Å²) in [6.07, 6.45) is 1.39. The van der Waals surface area contributed by atoms with Crippen LogP contribution in [0.25, 0.3) is 21.5 Å². The van der Waals surface area contributed by atoms with E-state index in [4.69, 9.17) is 20.9 Å². The Morgan fingerprint density at radius 3 is 1.39 bits per heavy atom. The van der Waals surface area contributed by atoms with Crippen LogP contribution in [0.3, 0.4) is 0 Å². The summed E-state index contributed by atoms with van der Waals surface area (Å²) >= 11 is 0. The Hall–Kier alpha value is -4.06. The fraction of sp³-hybridized carbons (Fsp3) is 0.267. The molecule has 4 N–H and O–H groups in total. The van der Waals surface area contributed by atoms with Crippen molar-refractivity contribution in [3.8, 4) is 11.5 Å². The highest BCUT2D eigenvalue weighted by atomic mass is 16.5. The molecular weight excluding hydrogens is 452 g/mol. The Kier molecular flexibility index (Phi) is 6.76. The molecule has 4 unspecified atom stereocenters. The fourth-order valence-electron chi connectivity index (χ4n) is 5.43. The lowest BCUT2D eigenvalue weighted by Crippen LogP contribution is -2.51. The van der Waals surface area contributed by atoms with E-state index < -0.39 is 24.0 Å². The summed E-state index contributed by atoms with van der Waals surface area (Å²) in [6, 6.07) is 27.3. The number of amides is 2. The summed E-state index contributed by atoms with van der Waals surface area (Å²) in [5.41, 5.74) is 11.7. The summed E-state index contributed by atoms with van der Waals surface area (Å²) < 4.78 is 12.4. The molecule has 1 fully saturated rings. The van der Waals surface area contributed by atoms with Crippen molar-refractivity contribution in [1.82, 2.24) is 0 Å². The maximum absolute atomic E-state index is 12.6. The standard InChI is InChI=1S/C30H30N2O4/c31-29(33)27(35-23-15-13-19-7-1-3-9-21(19)17-23)25-11-5-6-12-26(25)28(30(32)34)36-24-16-14-20-8-2-4-10-22(20)18-24/h1-4,7-10,13-18,25-28H,5-6,11-12H2,(H2,31,33)(H2,32,34). The molecule has 36 heavy (non-hydrogen) atoms. The van der Waals surface area contributed by atoms with E-state index in [1.165, 1.54) is 0 Å². The van der Waals surface area contributed by atoms with Crippen LogP contribution in [0.15, 0.2) is 84.9 Å². The van der Waals surface area contributed by atoms with Gasteiger partial charge in [0.25, 0.3) is 11.8 Å². The van der Waals surface area contributed by atoms with E-state index in [1.54, 1.807) is 0 Å². The van der Waals surface area contributed by atoms with Crippen molar-refractivity contribution in [2.45, 2.75) is 37.9 Å². The minimum Gasteiger partial charge on any atom is -0.480 e. The highest BCUT2D eigenvalue weighted by molar-refractivity contribution is 5.85. The zero-order chi connectivity index (χ0) is 25.1. The van der Waals surface area contributed by atoms with Crippen LogP contribution in [0.5, 0.6) is 11.5 Å². The molecule has 4 aromatic carbocycles. The van der Waals surface area contributed by atoms with Crippen LogP contribution in [-0.4, -0.2) is 24.0 Å². The van der Waals surface area contributed by atoms with E-state index in [1.807, 2.05) is 84.9 Å². The normalized spacial score (nSPS) is 19.4. The van der Waals surface area contributed by atoms with Crippen LogP contribution in [-0.2, 0) is 9.59 Å². The summed E-state index contributed by atoms with van der Waals surface area (Å²) in [7, 11) is 0. The average Bonchev–Trinajstić information content (AvgIpc) is 2.90. The van der Waals surface area contributed by atoms with Crippen molar-refractivity contribution in [2.75, 3.05) is 0 Å². The first-order valence-corrected chi connectivity index (χ1v) is 12.4. The topological polar surface area (TPSA) is 105 Å². The van der Waals surface area contributed by atoms with E-state index in [-0.39, 0.29) is 11.8 Å². The van der Waals surface area contributed by atoms with Crippen LogP contribution >= 0.6 is 0 Å². The third kappa shape index (κ3) is 4.98. The Balaban J connectivity index is 1.42. The summed E-state index contributed by atoms with van der Waals surface area (Å²) in [5.74, 6) is -0.606. The van der Waals surface area contributed by atoms with Crippen LogP contribution in [0, 0.1) is 11.8 Å². The molecule has 2 amide bonds. The molecule has 0 heterocycles. The largest absolute Gasteiger partial charge is 0.480 e. The van der Waals surface area contributed by atoms with Crippen LogP contribution in [0.1, 0.15) is 25.7 Å². The molecule has 1 aliphatic carbocycles. The average molecular weight is 483 g/mol. The van der Waals surface area contributed by atoms with E-state index in [2.05, 4.69) is 0 Å². The smallest absolute Gasteiger partial charge is 0.258 e. The van der Waals surface area contributed by atoms with Crippen LogP contribution in [0.2, 0.25) is 0 Å². The number of primary amides is 2. The molecule has 4 atom stereocenters. The van der Waals surface area contributed by atoms with Crippen molar-refractivity contribution in [1.29, 1.82) is 0 Å². The van der Waals surface area contributed by atoms with Gasteiger partial charge in [0, 0.05) is 11.8 Å². The number of hydrogen-bond donors (Lipinski definition) is 2. The molecule has 0 aliphatic heterocycles. The van der Waals surface area contributed by atoms with Gasteiger partial charge in [-0.1, -0.05) is 73.5 Å². The number of nitrogens with two attached hydrogens (primary N) is 2. The van der Waals surface area contributed by atoms with Gasteiger partial charge in [0.1, 0.15) is 11.5 Å². The van der Waals surface area contributed by atoms with Crippen LogP contribution < -0.4 is 20.9 Å². The molecule has 1 saturated carbocycles. The lowest BCUT2D eigenvalue weighted by atomic mass is 9.73. The number of carbonyl (C=O) groups excluding carboxylic acids is 2. The molecule has 6 nitrogen and oxygen atoms in total. The molecule has 0 bridgehead atoms. The Labute approximate surface area is 210 Å². The Bertz CT molecular complexity index is 1290. The maximum atomic E-state index is 12.6. The zero-order valence-corrected chi connectivity index (χ0v) is 20.0. The van der Waals surface area contributed by atoms with Gasteiger partial charge in [0.05, 0.1) is 0 Å². The highest BCUT2D eigenvalue weighted by Crippen LogP contribution is 2.38. The van der Waals surface area contributed by atoms with Gasteiger partial charge in [-0.3, -0.25) is 9.59 Å². The second-order valence-electron chi connectivity index (χ2n) is 9.51. The molecule has 0 radical (unpaired) electrons. The first-order valence-electron chi connectivity index (χ1n) is 12.4. The lowest BCUT2D eigenvalue weighted by molar-refractivity contribution is -0.136. The van der Waals surface area contributed by atoms with Crippen molar-refractivity contribution < 1.29 is 19.1 Å². The van der Waals surface area contributed by atoms with E-state index in [0.717, 1.165) is 34.4 Å². The van der Waals surface area contributed by atoms with Crippen LogP contribution in [0.4, 0.5) is 0 Å². The number of fused-ring (bicyclic) bond motifs is 2. The summed E-state index contributed by atoms with van der Waals surface area (Å²) in [6.45, 7) is 0. The van der Waals surface area contributed by atoms with Crippen molar-refractivity contribution in [2.24, 2.45) is 23.3 Å². The predicted molar refractivity (Wildman–Crippen MR) is 141 cm³/mol. The van der Waals surface area contributed by atoms with Gasteiger partial charge in [-0.25, -0.2) is 0 Å². The number of hydrogen-bond acceptors (Lipinski definition) is 4. The molecular formula is C30H30N2O4. The molecule has 1 aliphatic rings. The van der Waals surface area contributed by atoms with E-state index >= 15 is 0 Å². The molecule has 6 heteroatoms. The summed E-state index contributed by atoms with van der Waals surface area (Å²) in [5, 5.41) is 4.17. The molecule has 0 saturated heterocycles. The first kappa shape index (κ1) is 23.7. The molecule has 5 rings (SSSR count). The fourth-order valence-corrected chi connectivity index (χ4v) is 5.43. The maximum Gasteiger partial charge on any atom is 0.258 e. The van der Waals surface area contributed by atoms with E-state index in [0.29, 0.717) is 24.3 Å². The van der Waals surface area contributed by atoms with Gasteiger partial charge in [0.15, 0.2) is 12.2 Å². The van der Waals surface area contributed by atoms with Gasteiger partial charge < -0.3 is 20.9 Å². The van der Waals surface area contributed by atoms with E-state index in [9.17, 15) is 9.59 Å². The van der Waals surface area contributed by atoms with Gasteiger partial charge in [-0.15, -0.1) is 0 Å². The number of rotatable bonds is 8. The lowest BCUT2D eigenvalue weighted by Gasteiger charge is -2.38. The second-order valence-corrected chi connectivity index (χ2v) is 9.51. The predicted octanol–water partition coefficient (Wildman–Crippen LogP) is 4.97. The van der Waals surface area contributed by atoms with Gasteiger partial charge in [-0.05, 0) is 58.7 Å². The molecule has 4 aromatic rings. The zero-order valence-electron chi connectivity index (χ0n) is 20.0. The SMILES string of the molecule is NC(=O)C(Oc1ccc2ccccc2c1)C1CCCCC1C(Oc1ccc2ccccc2c1)C(N)=O. The number of benzene rings is 4. The minimum absolute atomic E-state index is 0.305. The van der Waals surface area contributed by atoms with Gasteiger partial charge >= 0.3 is 0 Å². The van der Waals surface area contributed by atoms with Gasteiger partial charge in [-0.2, -0.15) is 0 Å². The summed E-state index contributed by atoms with van der Waals surface area (Å²) in [4.78, 5) is 25.3. The molecule has 184 valence electrons. The van der Waals surface area contributed by atoms with Crippen molar-refractivity contribution >= 4 is 33.4 Å². The Morgan fingerprint density at radius 1 is 0.611 bits per heavy atom. The molecule has 0 aromatic heterocycles. The second kappa shape index (κ2) is 10.3. The van der Waals surface area contributed by atoms with Crippen molar-refractivity contribution in [3.63, 3.8) is 0 Å². The van der Waals surface area contributed by atoms with Crippen molar-refractivity contribution in [3.05, 3.63) is 84.9 Å². The quantitative estimate of drug-likeness (QED) is 0.370. The molecule has 0 spiro atoms. The third-order valence-electron chi connectivity index (χ3n) is 7.18. The highest BCUT2D eigenvalue weighted by Gasteiger charge is 2.43. The number of ether oxygens (including phenoxy) is 2.